The lowest BCUT2D eigenvalue weighted by atomic mass is 10.0. The second-order valence-corrected chi connectivity index (χ2v) is 6.77. The van der Waals surface area contributed by atoms with E-state index in [9.17, 15) is 4.79 Å². The van der Waals surface area contributed by atoms with Gasteiger partial charge in [-0.25, -0.2) is 4.98 Å². The number of aromatic nitrogens is 3. The van der Waals surface area contributed by atoms with Crippen molar-refractivity contribution in [2.45, 2.75) is 37.3 Å². The van der Waals surface area contributed by atoms with E-state index >= 15 is 0 Å². The lowest BCUT2D eigenvalue weighted by Crippen LogP contribution is -2.05. The lowest BCUT2D eigenvalue weighted by molar-refractivity contribution is 0.101. The fourth-order valence-electron chi connectivity index (χ4n) is 3.00. The van der Waals surface area contributed by atoms with Crippen LogP contribution in [0.3, 0.4) is 0 Å². The molecule has 1 aliphatic rings. The maximum Gasteiger partial charge on any atom is 0.208 e. The molecule has 0 saturated heterocycles. The average molecular weight is 331 g/mol. The summed E-state index contributed by atoms with van der Waals surface area (Å²) in [6.45, 7) is 0. The fourth-order valence-corrected chi connectivity index (χ4v) is 3.71. The first-order chi connectivity index (χ1) is 11.3. The number of methoxy groups -OCH3 is 1. The van der Waals surface area contributed by atoms with Crippen LogP contribution in [0.25, 0.3) is 0 Å². The first-order valence-electron chi connectivity index (χ1n) is 7.96. The monoisotopic (exact) mass is 331 g/mol. The van der Waals surface area contributed by atoms with Gasteiger partial charge in [0.15, 0.2) is 5.78 Å². The van der Waals surface area contributed by atoms with E-state index in [-0.39, 0.29) is 5.78 Å². The van der Waals surface area contributed by atoms with E-state index in [1.165, 1.54) is 37.4 Å². The molecule has 0 spiro atoms. The molecule has 1 heterocycles. The van der Waals surface area contributed by atoms with Crippen LogP contribution in [0, 0.1) is 5.92 Å². The van der Waals surface area contributed by atoms with Gasteiger partial charge in [0, 0.05) is 6.42 Å². The highest BCUT2D eigenvalue weighted by Crippen LogP contribution is 2.27. The molecule has 1 aliphatic carbocycles. The van der Waals surface area contributed by atoms with E-state index < -0.39 is 0 Å². The third-order valence-electron chi connectivity index (χ3n) is 4.21. The number of rotatable bonds is 7. The van der Waals surface area contributed by atoms with Gasteiger partial charge >= 0.3 is 0 Å². The Labute approximate surface area is 140 Å². The minimum Gasteiger partial charge on any atom is -0.496 e. The number of H-pyrrole nitrogens is 1. The predicted molar refractivity (Wildman–Crippen MR) is 90.1 cm³/mol. The first kappa shape index (κ1) is 16.1. The number of thioether (sulfide) groups is 1. The molecule has 1 N–H and O–H groups in total. The van der Waals surface area contributed by atoms with Crippen LogP contribution in [0.4, 0.5) is 0 Å². The largest absolute Gasteiger partial charge is 0.496 e. The molecule has 1 saturated carbocycles. The van der Waals surface area contributed by atoms with Gasteiger partial charge in [0.05, 0.1) is 18.4 Å². The second-order valence-electron chi connectivity index (χ2n) is 5.83. The average Bonchev–Trinajstić information content (AvgIpc) is 3.25. The van der Waals surface area contributed by atoms with Crippen LogP contribution in [0.2, 0.25) is 0 Å². The summed E-state index contributed by atoms with van der Waals surface area (Å²) in [6.07, 6.45) is 6.20. The molecule has 0 unspecified atom stereocenters. The molecule has 6 heteroatoms. The molecule has 0 bridgehead atoms. The summed E-state index contributed by atoms with van der Waals surface area (Å²) in [6, 6.07) is 7.27. The molecule has 122 valence electrons. The van der Waals surface area contributed by atoms with Crippen molar-refractivity contribution in [3.8, 4) is 5.75 Å². The van der Waals surface area contributed by atoms with E-state index in [0.29, 0.717) is 22.2 Å². The lowest BCUT2D eigenvalue weighted by Gasteiger charge is -2.06. The quantitative estimate of drug-likeness (QED) is 0.621. The van der Waals surface area contributed by atoms with Crippen molar-refractivity contribution >= 4 is 17.5 Å². The molecule has 0 amide bonds. The number of ether oxygens (including phenoxy) is 1. The Morgan fingerprint density at radius 1 is 1.35 bits per heavy atom. The third kappa shape index (κ3) is 4.13. The van der Waals surface area contributed by atoms with Gasteiger partial charge in [0.1, 0.15) is 11.6 Å². The highest BCUT2D eigenvalue weighted by atomic mass is 32.2. The molecule has 1 aromatic heterocycles. The summed E-state index contributed by atoms with van der Waals surface area (Å²) in [5, 5.41) is 7.85. The Bertz CT molecular complexity index is 665. The van der Waals surface area contributed by atoms with Gasteiger partial charge in [0.25, 0.3) is 0 Å². The molecular formula is C17H21N3O2S. The molecule has 5 nitrogen and oxygen atoms in total. The summed E-state index contributed by atoms with van der Waals surface area (Å²) in [5.41, 5.74) is 0.601. The van der Waals surface area contributed by atoms with Crippen LogP contribution in [-0.2, 0) is 6.42 Å². The number of ketones is 1. The van der Waals surface area contributed by atoms with Gasteiger partial charge in [-0.2, -0.15) is 0 Å². The SMILES string of the molecule is COc1ccccc1C(=O)CSc1n[nH]c(CC2CCCC2)n1. The van der Waals surface area contributed by atoms with E-state index in [4.69, 9.17) is 4.74 Å². The zero-order valence-electron chi connectivity index (χ0n) is 13.2. The first-order valence-corrected chi connectivity index (χ1v) is 8.95. The van der Waals surface area contributed by atoms with Crippen LogP contribution in [0.15, 0.2) is 29.4 Å². The van der Waals surface area contributed by atoms with Gasteiger partial charge in [-0.1, -0.05) is 49.6 Å². The molecule has 23 heavy (non-hydrogen) atoms. The van der Waals surface area contributed by atoms with Crippen molar-refractivity contribution in [3.05, 3.63) is 35.7 Å². The number of nitrogens with zero attached hydrogens (tertiary/aromatic N) is 2. The second kappa shape index (κ2) is 7.64. The Balaban J connectivity index is 1.55. The minimum absolute atomic E-state index is 0.0228. The van der Waals surface area contributed by atoms with Crippen molar-refractivity contribution in [2.24, 2.45) is 5.92 Å². The molecule has 2 aromatic rings. The summed E-state index contributed by atoms with van der Waals surface area (Å²) < 4.78 is 5.23. The number of para-hydroxylation sites is 1. The van der Waals surface area contributed by atoms with E-state index in [0.717, 1.165) is 18.2 Å². The number of carbonyl (C=O) groups excluding carboxylic acids is 1. The van der Waals surface area contributed by atoms with Gasteiger partial charge in [-0.3, -0.25) is 9.89 Å². The Morgan fingerprint density at radius 3 is 2.91 bits per heavy atom. The topological polar surface area (TPSA) is 67.9 Å². The minimum atomic E-state index is 0.0228. The van der Waals surface area contributed by atoms with Crippen molar-refractivity contribution in [3.63, 3.8) is 0 Å². The Hall–Kier alpha value is -1.82. The number of Topliss-reactive ketones (excluding diaryl/α,β-unsaturated/α-hetero) is 1. The van der Waals surface area contributed by atoms with Crippen LogP contribution in [0.5, 0.6) is 5.75 Å². The molecule has 0 aliphatic heterocycles. The van der Waals surface area contributed by atoms with Gasteiger partial charge in [-0.05, 0) is 18.1 Å². The van der Waals surface area contributed by atoms with E-state index in [2.05, 4.69) is 15.2 Å². The van der Waals surface area contributed by atoms with Crippen molar-refractivity contribution in [1.82, 2.24) is 15.2 Å². The van der Waals surface area contributed by atoms with Crippen LogP contribution >= 0.6 is 11.8 Å². The number of nitrogens with one attached hydrogen (secondary N) is 1. The Kier molecular flexibility index (Phi) is 5.33. The summed E-state index contributed by atoms with van der Waals surface area (Å²) >= 11 is 1.36. The van der Waals surface area contributed by atoms with E-state index in [1.54, 1.807) is 19.2 Å². The number of carbonyl (C=O) groups is 1. The molecule has 0 atom stereocenters. The Morgan fingerprint density at radius 2 is 2.13 bits per heavy atom. The fraction of sp³-hybridized carbons (Fsp3) is 0.471. The third-order valence-corrected chi connectivity index (χ3v) is 5.06. The van der Waals surface area contributed by atoms with Gasteiger partial charge in [-0.15, -0.1) is 5.10 Å². The molecular weight excluding hydrogens is 310 g/mol. The molecule has 1 aromatic carbocycles. The number of aromatic amines is 1. The maximum atomic E-state index is 12.3. The highest BCUT2D eigenvalue weighted by Gasteiger charge is 2.18. The van der Waals surface area contributed by atoms with Gasteiger partial charge < -0.3 is 4.74 Å². The molecule has 0 radical (unpaired) electrons. The maximum absolute atomic E-state index is 12.3. The number of benzene rings is 1. The zero-order valence-corrected chi connectivity index (χ0v) is 14.1. The highest BCUT2D eigenvalue weighted by molar-refractivity contribution is 7.99. The van der Waals surface area contributed by atoms with Gasteiger partial charge in [0.2, 0.25) is 5.16 Å². The number of hydrogen-bond donors (Lipinski definition) is 1. The standard InChI is InChI=1S/C17H21N3O2S/c1-22-15-9-5-4-8-13(15)14(21)11-23-17-18-16(19-20-17)10-12-6-2-3-7-12/h4-5,8-9,12H,2-3,6-7,10-11H2,1H3,(H,18,19,20). The summed E-state index contributed by atoms with van der Waals surface area (Å²) in [7, 11) is 1.57. The van der Waals surface area contributed by atoms with Crippen molar-refractivity contribution in [1.29, 1.82) is 0 Å². The van der Waals surface area contributed by atoms with Crippen molar-refractivity contribution < 1.29 is 9.53 Å². The van der Waals surface area contributed by atoms with Crippen molar-refractivity contribution in [2.75, 3.05) is 12.9 Å². The smallest absolute Gasteiger partial charge is 0.208 e. The van der Waals surface area contributed by atoms with Crippen LogP contribution in [-0.4, -0.2) is 33.8 Å². The van der Waals surface area contributed by atoms with Crippen LogP contribution in [0.1, 0.15) is 41.9 Å². The zero-order chi connectivity index (χ0) is 16.1. The number of hydrogen-bond acceptors (Lipinski definition) is 5. The summed E-state index contributed by atoms with van der Waals surface area (Å²) in [4.78, 5) is 16.8. The predicted octanol–water partition coefficient (Wildman–Crippen LogP) is 3.52. The molecule has 3 rings (SSSR count). The molecule has 1 fully saturated rings. The van der Waals surface area contributed by atoms with Crippen LogP contribution < -0.4 is 4.74 Å². The summed E-state index contributed by atoms with van der Waals surface area (Å²) in [5.74, 6) is 2.60. The van der Waals surface area contributed by atoms with E-state index in [1.807, 2.05) is 12.1 Å². The normalized spacial score (nSPS) is 15.0.